The van der Waals surface area contributed by atoms with Gasteiger partial charge in [0.25, 0.3) is 0 Å². The standard InChI is InChI=1S/C16H31NO2/c1-3-9-17-15(4-2)6-5-14-7-10-19-16(12-14)8-11-18-13-16/h14-15,17H,3-13H2,1-2H3. The lowest BCUT2D eigenvalue weighted by Crippen LogP contribution is -2.40. The second-order valence-corrected chi connectivity index (χ2v) is 6.33. The van der Waals surface area contributed by atoms with Gasteiger partial charge < -0.3 is 14.8 Å². The molecule has 2 aliphatic heterocycles. The Morgan fingerprint density at radius 1 is 1.32 bits per heavy atom. The summed E-state index contributed by atoms with van der Waals surface area (Å²) in [6.45, 7) is 8.35. The van der Waals surface area contributed by atoms with Gasteiger partial charge >= 0.3 is 0 Å². The minimum Gasteiger partial charge on any atom is -0.378 e. The molecular weight excluding hydrogens is 238 g/mol. The summed E-state index contributed by atoms with van der Waals surface area (Å²) in [5.74, 6) is 0.841. The van der Waals surface area contributed by atoms with Crippen molar-refractivity contribution in [2.75, 3.05) is 26.4 Å². The van der Waals surface area contributed by atoms with Crippen molar-refractivity contribution in [3.8, 4) is 0 Å². The van der Waals surface area contributed by atoms with E-state index in [1.807, 2.05) is 0 Å². The minimum absolute atomic E-state index is 0.0848. The molecule has 112 valence electrons. The molecule has 0 amide bonds. The SMILES string of the molecule is CCCNC(CC)CCC1CCOC2(CCOC2)C1. The molecule has 3 atom stereocenters. The Hall–Kier alpha value is -0.120. The molecule has 0 saturated carbocycles. The van der Waals surface area contributed by atoms with Crippen LogP contribution in [0.4, 0.5) is 0 Å². The van der Waals surface area contributed by atoms with Crippen molar-refractivity contribution in [3.63, 3.8) is 0 Å². The summed E-state index contributed by atoms with van der Waals surface area (Å²) in [6, 6.07) is 0.707. The average Bonchev–Trinajstić information content (AvgIpc) is 2.87. The summed E-state index contributed by atoms with van der Waals surface area (Å²) < 4.78 is 11.6. The average molecular weight is 269 g/mol. The first kappa shape index (κ1) is 15.3. The van der Waals surface area contributed by atoms with Crippen molar-refractivity contribution < 1.29 is 9.47 Å². The van der Waals surface area contributed by atoms with E-state index in [1.165, 1.54) is 38.5 Å². The first-order chi connectivity index (χ1) is 9.28. The molecule has 0 aromatic rings. The van der Waals surface area contributed by atoms with Crippen LogP contribution >= 0.6 is 0 Å². The normalized spacial score (nSPS) is 32.8. The number of hydrogen-bond donors (Lipinski definition) is 1. The van der Waals surface area contributed by atoms with Gasteiger partial charge in [0.05, 0.1) is 12.2 Å². The molecule has 0 aromatic heterocycles. The van der Waals surface area contributed by atoms with Gasteiger partial charge in [0.15, 0.2) is 0 Å². The molecule has 1 N–H and O–H groups in total. The van der Waals surface area contributed by atoms with Gasteiger partial charge in [0.1, 0.15) is 0 Å². The van der Waals surface area contributed by atoms with E-state index >= 15 is 0 Å². The molecule has 0 aliphatic carbocycles. The monoisotopic (exact) mass is 269 g/mol. The highest BCUT2D eigenvalue weighted by molar-refractivity contribution is 4.90. The Labute approximate surface area is 118 Å². The molecule has 3 unspecified atom stereocenters. The fourth-order valence-corrected chi connectivity index (χ4v) is 3.47. The van der Waals surface area contributed by atoms with Crippen LogP contribution in [0.5, 0.6) is 0 Å². The molecule has 2 saturated heterocycles. The minimum atomic E-state index is 0.0848. The van der Waals surface area contributed by atoms with Gasteiger partial charge in [-0.3, -0.25) is 0 Å². The molecular formula is C16H31NO2. The van der Waals surface area contributed by atoms with Crippen molar-refractivity contribution in [2.24, 2.45) is 5.92 Å². The molecule has 2 fully saturated rings. The molecule has 2 aliphatic rings. The first-order valence-corrected chi connectivity index (χ1v) is 8.23. The van der Waals surface area contributed by atoms with Crippen LogP contribution in [0, 0.1) is 5.92 Å². The Bertz CT molecular complexity index is 251. The molecule has 0 aromatic carbocycles. The smallest absolute Gasteiger partial charge is 0.0939 e. The maximum atomic E-state index is 6.01. The molecule has 0 radical (unpaired) electrons. The second kappa shape index (κ2) is 7.61. The molecule has 1 spiro atoms. The fourth-order valence-electron chi connectivity index (χ4n) is 3.47. The zero-order valence-electron chi connectivity index (χ0n) is 12.7. The van der Waals surface area contributed by atoms with Crippen LogP contribution in [0.25, 0.3) is 0 Å². The zero-order chi connectivity index (χ0) is 13.6. The molecule has 3 nitrogen and oxygen atoms in total. The number of nitrogens with one attached hydrogen (secondary N) is 1. The zero-order valence-corrected chi connectivity index (χ0v) is 12.7. The summed E-state index contributed by atoms with van der Waals surface area (Å²) in [6.07, 6.45) is 8.71. The van der Waals surface area contributed by atoms with Gasteiger partial charge in [-0.1, -0.05) is 13.8 Å². The third-order valence-corrected chi connectivity index (χ3v) is 4.76. The Morgan fingerprint density at radius 2 is 2.21 bits per heavy atom. The van der Waals surface area contributed by atoms with E-state index in [9.17, 15) is 0 Å². The van der Waals surface area contributed by atoms with Gasteiger partial charge in [0.2, 0.25) is 0 Å². The van der Waals surface area contributed by atoms with Gasteiger partial charge in [-0.25, -0.2) is 0 Å². The van der Waals surface area contributed by atoms with Gasteiger partial charge in [-0.2, -0.15) is 0 Å². The first-order valence-electron chi connectivity index (χ1n) is 8.23. The second-order valence-electron chi connectivity index (χ2n) is 6.33. The van der Waals surface area contributed by atoms with Crippen LogP contribution in [0.3, 0.4) is 0 Å². The lowest BCUT2D eigenvalue weighted by atomic mass is 9.82. The van der Waals surface area contributed by atoms with E-state index in [-0.39, 0.29) is 5.60 Å². The fraction of sp³-hybridized carbons (Fsp3) is 1.00. The lowest BCUT2D eigenvalue weighted by molar-refractivity contribution is -0.0992. The van der Waals surface area contributed by atoms with Crippen molar-refractivity contribution in [1.82, 2.24) is 5.32 Å². The molecule has 2 rings (SSSR count). The maximum absolute atomic E-state index is 6.01. The van der Waals surface area contributed by atoms with E-state index in [4.69, 9.17) is 9.47 Å². The number of rotatable bonds is 7. The molecule has 0 bridgehead atoms. The van der Waals surface area contributed by atoms with Crippen molar-refractivity contribution in [2.45, 2.75) is 70.4 Å². The van der Waals surface area contributed by atoms with E-state index in [0.717, 1.165) is 38.7 Å². The van der Waals surface area contributed by atoms with Crippen LogP contribution in [0.2, 0.25) is 0 Å². The Morgan fingerprint density at radius 3 is 2.89 bits per heavy atom. The van der Waals surface area contributed by atoms with Crippen LogP contribution in [-0.4, -0.2) is 38.0 Å². The van der Waals surface area contributed by atoms with E-state index in [1.54, 1.807) is 0 Å². The van der Waals surface area contributed by atoms with Crippen LogP contribution < -0.4 is 5.32 Å². The van der Waals surface area contributed by atoms with Gasteiger partial charge in [0, 0.05) is 25.7 Å². The summed E-state index contributed by atoms with van der Waals surface area (Å²) in [4.78, 5) is 0. The summed E-state index contributed by atoms with van der Waals surface area (Å²) in [7, 11) is 0. The van der Waals surface area contributed by atoms with Crippen LogP contribution in [0.1, 0.15) is 58.8 Å². The highest BCUT2D eigenvalue weighted by atomic mass is 16.6. The third kappa shape index (κ3) is 4.44. The molecule has 19 heavy (non-hydrogen) atoms. The van der Waals surface area contributed by atoms with Crippen LogP contribution in [0.15, 0.2) is 0 Å². The quantitative estimate of drug-likeness (QED) is 0.770. The van der Waals surface area contributed by atoms with Crippen molar-refractivity contribution >= 4 is 0 Å². The van der Waals surface area contributed by atoms with Crippen molar-refractivity contribution in [1.29, 1.82) is 0 Å². The summed E-state index contributed by atoms with van der Waals surface area (Å²) in [5.41, 5.74) is 0.0848. The van der Waals surface area contributed by atoms with E-state index in [2.05, 4.69) is 19.2 Å². The maximum Gasteiger partial charge on any atom is 0.0939 e. The van der Waals surface area contributed by atoms with E-state index in [0.29, 0.717) is 6.04 Å². The molecule has 3 heteroatoms. The largest absolute Gasteiger partial charge is 0.378 e. The van der Waals surface area contributed by atoms with E-state index < -0.39 is 0 Å². The Kier molecular flexibility index (Phi) is 6.11. The van der Waals surface area contributed by atoms with Crippen molar-refractivity contribution in [3.05, 3.63) is 0 Å². The van der Waals surface area contributed by atoms with Gasteiger partial charge in [-0.15, -0.1) is 0 Å². The lowest BCUT2D eigenvalue weighted by Gasteiger charge is -2.37. The van der Waals surface area contributed by atoms with Crippen LogP contribution in [-0.2, 0) is 9.47 Å². The molecule has 2 heterocycles. The number of ether oxygens (including phenoxy) is 2. The summed E-state index contributed by atoms with van der Waals surface area (Å²) in [5, 5.41) is 3.66. The summed E-state index contributed by atoms with van der Waals surface area (Å²) >= 11 is 0. The Balaban J connectivity index is 1.72. The topological polar surface area (TPSA) is 30.5 Å². The highest BCUT2D eigenvalue weighted by Crippen LogP contribution is 2.37. The van der Waals surface area contributed by atoms with Gasteiger partial charge in [-0.05, 0) is 51.0 Å². The predicted molar refractivity (Wildman–Crippen MR) is 78.4 cm³/mol. The third-order valence-electron chi connectivity index (χ3n) is 4.76. The highest BCUT2D eigenvalue weighted by Gasteiger charge is 2.40. The number of hydrogen-bond acceptors (Lipinski definition) is 3. The predicted octanol–water partition coefficient (Wildman–Crippen LogP) is 3.13.